The van der Waals surface area contributed by atoms with Crippen LogP contribution >= 0.6 is 11.3 Å². The molecule has 2 N–H and O–H groups in total. The first-order valence-electron chi connectivity index (χ1n) is 9.06. The van der Waals surface area contributed by atoms with Crippen molar-refractivity contribution in [2.75, 3.05) is 30.5 Å². The molecule has 2 aliphatic rings. The van der Waals surface area contributed by atoms with Crippen molar-refractivity contribution in [2.45, 2.75) is 18.5 Å². The Bertz CT molecular complexity index is 1050. The monoisotopic (exact) mass is 416 g/mol. The van der Waals surface area contributed by atoms with Crippen LogP contribution in [0.4, 0.5) is 20.3 Å². The molecule has 2 aromatic heterocycles. The molecule has 11 heteroatoms. The molecule has 0 aliphatic carbocycles. The van der Waals surface area contributed by atoms with E-state index in [2.05, 4.69) is 30.7 Å². The van der Waals surface area contributed by atoms with Crippen LogP contribution in [0.1, 0.15) is 16.6 Å². The van der Waals surface area contributed by atoms with Crippen molar-refractivity contribution < 1.29 is 18.4 Å². The summed E-state index contributed by atoms with van der Waals surface area (Å²) in [5.41, 5.74) is 1.63. The van der Waals surface area contributed by atoms with Crippen LogP contribution in [0.2, 0.25) is 0 Å². The van der Waals surface area contributed by atoms with Crippen LogP contribution in [0.15, 0.2) is 28.8 Å². The highest BCUT2D eigenvalue weighted by atomic mass is 32.1. The molecule has 1 fully saturated rings. The predicted octanol–water partition coefficient (Wildman–Crippen LogP) is 2.59. The van der Waals surface area contributed by atoms with Gasteiger partial charge in [-0.2, -0.15) is 4.98 Å². The van der Waals surface area contributed by atoms with E-state index in [1.807, 2.05) is 0 Å². The van der Waals surface area contributed by atoms with E-state index in [0.29, 0.717) is 42.2 Å². The number of fused-ring (bicyclic) bond motifs is 4. The number of rotatable bonds is 3. The number of nitrogens with one attached hydrogen (secondary N) is 2. The lowest BCUT2D eigenvalue weighted by Gasteiger charge is -2.43. The third-order valence-electron chi connectivity index (χ3n) is 4.96. The highest BCUT2D eigenvalue weighted by molar-refractivity contribution is 7.16. The van der Waals surface area contributed by atoms with Gasteiger partial charge in [0.05, 0.1) is 35.9 Å². The summed E-state index contributed by atoms with van der Waals surface area (Å²) in [4.78, 5) is 23.8. The maximum atomic E-state index is 13.2. The van der Waals surface area contributed by atoms with E-state index >= 15 is 0 Å². The summed E-state index contributed by atoms with van der Waals surface area (Å²) in [6.45, 7) is 0.972. The second-order valence-electron chi connectivity index (χ2n) is 6.76. The summed E-state index contributed by atoms with van der Waals surface area (Å²) in [5.74, 6) is 0.0788. The molecule has 0 radical (unpaired) electrons. The molecule has 0 saturated carbocycles. The smallest absolute Gasteiger partial charge is 0.325 e. The molecule has 2 bridgehead atoms. The maximum absolute atomic E-state index is 13.2. The number of halogens is 1. The van der Waals surface area contributed by atoms with Gasteiger partial charge in [0.1, 0.15) is 5.82 Å². The maximum Gasteiger partial charge on any atom is 0.325 e. The Kier molecular flexibility index (Phi) is 4.40. The number of nitrogens with zero attached hydrogens (tertiary/aromatic N) is 4. The van der Waals surface area contributed by atoms with Crippen LogP contribution in [0.25, 0.3) is 11.4 Å². The van der Waals surface area contributed by atoms with Crippen LogP contribution in [0.3, 0.4) is 0 Å². The third kappa shape index (κ3) is 3.21. The first-order chi connectivity index (χ1) is 14.1. The zero-order valence-electron chi connectivity index (χ0n) is 15.4. The molecule has 29 heavy (non-hydrogen) atoms. The molecule has 5 rings (SSSR count). The van der Waals surface area contributed by atoms with Crippen LogP contribution in [-0.2, 0) is 11.2 Å². The molecular weight excluding hydrogens is 399 g/mol. The van der Waals surface area contributed by atoms with E-state index in [9.17, 15) is 9.18 Å². The van der Waals surface area contributed by atoms with E-state index in [-0.39, 0.29) is 23.9 Å². The number of carbonyl (C=O) groups excluding carboxylic acids is 1. The van der Waals surface area contributed by atoms with Crippen molar-refractivity contribution >= 4 is 28.5 Å². The lowest BCUT2D eigenvalue weighted by Crippen LogP contribution is -2.51. The van der Waals surface area contributed by atoms with Gasteiger partial charge in [-0.25, -0.2) is 14.2 Å². The molecular formula is C18H17FN6O3S. The number of amides is 2. The first kappa shape index (κ1) is 18.0. The van der Waals surface area contributed by atoms with Gasteiger partial charge in [-0.3, -0.25) is 5.32 Å². The molecule has 1 aromatic carbocycles. The van der Waals surface area contributed by atoms with E-state index < -0.39 is 0 Å². The van der Waals surface area contributed by atoms with Crippen molar-refractivity contribution in [3.8, 4) is 11.4 Å². The summed E-state index contributed by atoms with van der Waals surface area (Å²) in [6.07, 6.45) is 0.645. The normalized spacial score (nSPS) is 20.3. The second kappa shape index (κ2) is 7.08. The van der Waals surface area contributed by atoms with Gasteiger partial charge in [-0.1, -0.05) is 16.5 Å². The molecule has 1 saturated heterocycles. The largest absolute Gasteiger partial charge is 0.377 e. The Morgan fingerprint density at radius 1 is 1.28 bits per heavy atom. The van der Waals surface area contributed by atoms with Gasteiger partial charge in [0.25, 0.3) is 0 Å². The quantitative estimate of drug-likeness (QED) is 0.676. The van der Waals surface area contributed by atoms with E-state index in [1.54, 1.807) is 19.2 Å². The number of hydrogen-bond donors (Lipinski definition) is 2. The van der Waals surface area contributed by atoms with E-state index in [1.165, 1.54) is 23.5 Å². The average molecular weight is 416 g/mol. The summed E-state index contributed by atoms with van der Waals surface area (Å²) >= 11 is 1.41. The average Bonchev–Trinajstić information content (AvgIpc) is 3.35. The minimum atomic E-state index is -0.320. The Hall–Kier alpha value is -3.05. The number of aromatic nitrogens is 3. The molecule has 150 valence electrons. The molecule has 9 nitrogen and oxygen atoms in total. The molecule has 2 atom stereocenters. The fraction of sp³-hybridized carbons (Fsp3) is 0.333. The van der Waals surface area contributed by atoms with Crippen molar-refractivity contribution in [3.05, 3.63) is 40.7 Å². The van der Waals surface area contributed by atoms with Crippen LogP contribution in [-0.4, -0.2) is 47.5 Å². The van der Waals surface area contributed by atoms with Crippen LogP contribution in [0.5, 0.6) is 0 Å². The molecule has 2 aliphatic heterocycles. The van der Waals surface area contributed by atoms with Gasteiger partial charge in [0.15, 0.2) is 5.13 Å². The molecule has 4 heterocycles. The number of thiazole rings is 1. The number of hydrogen-bond acceptors (Lipinski definition) is 8. The Balaban J connectivity index is 1.46. The number of morpholine rings is 1. The summed E-state index contributed by atoms with van der Waals surface area (Å²) in [5, 5.41) is 9.85. The highest BCUT2D eigenvalue weighted by Gasteiger charge is 2.43. The molecule has 3 aromatic rings. The van der Waals surface area contributed by atoms with Gasteiger partial charge >= 0.3 is 12.0 Å². The SMILES string of the molecule is CNC(=O)Nc1nc2c(s1)[C@@H]1COC[C@H](C2)N1c1nc(-c2ccc(F)cc2)no1. The van der Waals surface area contributed by atoms with Gasteiger partial charge in [0.2, 0.25) is 5.82 Å². The fourth-order valence-corrected chi connectivity index (χ4v) is 4.69. The zero-order chi connectivity index (χ0) is 20.0. The lowest BCUT2D eigenvalue weighted by molar-refractivity contribution is 0.0570. The van der Waals surface area contributed by atoms with Crippen molar-refractivity contribution in [1.82, 2.24) is 20.4 Å². The minimum absolute atomic E-state index is 0.00211. The zero-order valence-corrected chi connectivity index (χ0v) is 16.2. The topological polar surface area (TPSA) is 105 Å². The number of carbonyl (C=O) groups is 1. The Morgan fingerprint density at radius 3 is 2.90 bits per heavy atom. The molecule has 0 spiro atoms. The van der Waals surface area contributed by atoms with Gasteiger partial charge in [-0.05, 0) is 24.3 Å². The standard InChI is InChI=1S/C18H17FN6O3S/c1-20-16(26)23-17-21-12-6-11-7-27-8-13(14(12)29-17)25(11)18-22-15(24-28-18)9-2-4-10(19)5-3-9/h2-5,11,13H,6-8H2,1H3,(H2,20,21,23,26)/t11-,13-/m0/s1. The predicted molar refractivity (Wildman–Crippen MR) is 103 cm³/mol. The molecule has 0 unspecified atom stereocenters. The Labute approximate surface area is 168 Å². The van der Waals surface area contributed by atoms with E-state index in [4.69, 9.17) is 9.26 Å². The third-order valence-corrected chi connectivity index (χ3v) is 6.07. The summed E-state index contributed by atoms with van der Waals surface area (Å²) in [7, 11) is 1.56. The highest BCUT2D eigenvalue weighted by Crippen LogP contribution is 2.43. The van der Waals surface area contributed by atoms with Crippen LogP contribution < -0.4 is 15.5 Å². The number of anilines is 2. The van der Waals surface area contributed by atoms with Crippen molar-refractivity contribution in [1.29, 1.82) is 0 Å². The van der Waals surface area contributed by atoms with Crippen molar-refractivity contribution in [2.24, 2.45) is 0 Å². The van der Waals surface area contributed by atoms with Gasteiger partial charge < -0.3 is 19.5 Å². The fourth-order valence-electron chi connectivity index (χ4n) is 3.62. The number of benzene rings is 1. The molecule has 2 amide bonds. The Morgan fingerprint density at radius 2 is 2.10 bits per heavy atom. The number of ether oxygens (including phenoxy) is 1. The second-order valence-corrected chi connectivity index (χ2v) is 7.79. The van der Waals surface area contributed by atoms with E-state index in [0.717, 1.165) is 10.6 Å². The number of urea groups is 1. The van der Waals surface area contributed by atoms with Crippen LogP contribution in [0, 0.1) is 5.82 Å². The minimum Gasteiger partial charge on any atom is -0.377 e. The first-order valence-corrected chi connectivity index (χ1v) is 9.88. The summed E-state index contributed by atoms with van der Waals surface area (Å²) < 4.78 is 24.5. The lowest BCUT2D eigenvalue weighted by atomic mass is 9.97. The summed E-state index contributed by atoms with van der Waals surface area (Å²) in [6, 6.07) is 5.90. The van der Waals surface area contributed by atoms with Gasteiger partial charge in [-0.15, -0.1) is 0 Å². The van der Waals surface area contributed by atoms with Gasteiger partial charge in [0, 0.05) is 19.0 Å². The van der Waals surface area contributed by atoms with Crippen molar-refractivity contribution in [3.63, 3.8) is 0 Å².